The number of methoxy groups -OCH3 is 1. The molecule has 0 unspecified atom stereocenters. The Bertz CT molecular complexity index is 820. The highest BCUT2D eigenvalue weighted by Crippen LogP contribution is 2.42. The molecule has 2 fully saturated rings. The second-order valence-corrected chi connectivity index (χ2v) is 11.4. The van der Waals surface area contributed by atoms with Crippen molar-refractivity contribution in [3.05, 3.63) is 34.6 Å². The molecule has 7 heteroatoms. The van der Waals surface area contributed by atoms with E-state index >= 15 is 4.39 Å². The Kier molecular flexibility index (Phi) is 11.9. The van der Waals surface area contributed by atoms with Crippen LogP contribution in [0, 0.1) is 23.6 Å². The summed E-state index contributed by atoms with van der Waals surface area (Å²) in [5, 5.41) is 15.3. The van der Waals surface area contributed by atoms with E-state index < -0.39 is 11.4 Å². The number of halogens is 2. The molecule has 0 bridgehead atoms. The van der Waals surface area contributed by atoms with Gasteiger partial charge in [0.05, 0.1) is 10.6 Å². The van der Waals surface area contributed by atoms with Crippen LogP contribution < -0.4 is 5.32 Å². The smallest absolute Gasteiger partial charge is 0.222 e. The number of carbonyl (C=O) groups excluding carboxylic acids is 1. The first kappa shape index (κ1) is 29.3. The van der Waals surface area contributed by atoms with Gasteiger partial charge in [0.1, 0.15) is 5.82 Å². The molecule has 3 atom stereocenters. The van der Waals surface area contributed by atoms with Crippen LogP contribution in [0.5, 0.6) is 0 Å². The predicted molar refractivity (Wildman–Crippen MR) is 144 cm³/mol. The Labute approximate surface area is 222 Å². The second kappa shape index (κ2) is 14.7. The van der Waals surface area contributed by atoms with Gasteiger partial charge in [0.15, 0.2) is 0 Å². The predicted octanol–water partition coefficient (Wildman–Crippen LogP) is 5.92. The fraction of sp³-hybridized carbons (Fsp3) is 0.759. The van der Waals surface area contributed by atoms with Crippen LogP contribution in [0.3, 0.4) is 0 Å². The van der Waals surface area contributed by atoms with E-state index in [1.54, 1.807) is 19.2 Å². The minimum Gasteiger partial charge on any atom is -0.385 e. The molecule has 204 valence electrons. The molecule has 1 aromatic rings. The zero-order valence-electron chi connectivity index (χ0n) is 22.2. The summed E-state index contributed by atoms with van der Waals surface area (Å²) in [7, 11) is 3.61. The number of likely N-dealkylation sites (tertiary alicyclic amines) is 1. The highest BCUT2D eigenvalue weighted by Gasteiger charge is 2.43. The number of unbranched alkanes of at least 4 members (excludes halogenated alkanes) is 1. The van der Waals surface area contributed by atoms with Crippen molar-refractivity contribution in [1.29, 1.82) is 0 Å². The summed E-state index contributed by atoms with van der Waals surface area (Å²) in [4.78, 5) is 15.4. The molecule has 0 aromatic heterocycles. The van der Waals surface area contributed by atoms with Gasteiger partial charge in [-0.25, -0.2) is 4.39 Å². The monoisotopic (exact) mass is 524 g/mol. The maximum Gasteiger partial charge on any atom is 0.222 e. The van der Waals surface area contributed by atoms with Gasteiger partial charge in [0.25, 0.3) is 0 Å². The SMILES string of the molecule is CNC[C@@H](CC(=O)N1CCC[C@@H]([C@@](O)(CCCCOC)c2cccc(Cl)c2F)C1)CC1CCCCC1. The Balaban J connectivity index is 1.72. The number of nitrogens with zero attached hydrogens (tertiary/aromatic N) is 1. The first-order valence-corrected chi connectivity index (χ1v) is 14.3. The molecule has 0 spiro atoms. The molecular weight excluding hydrogens is 479 g/mol. The van der Waals surface area contributed by atoms with E-state index in [1.165, 1.54) is 38.2 Å². The number of nitrogens with one attached hydrogen (secondary N) is 1. The molecule has 1 heterocycles. The number of carbonyl (C=O) groups is 1. The highest BCUT2D eigenvalue weighted by molar-refractivity contribution is 6.30. The Morgan fingerprint density at radius 1 is 1.25 bits per heavy atom. The molecule has 1 saturated carbocycles. The second-order valence-electron chi connectivity index (χ2n) is 11.0. The Morgan fingerprint density at radius 3 is 2.75 bits per heavy atom. The molecule has 3 rings (SSSR count). The first-order valence-electron chi connectivity index (χ1n) is 14.0. The average Bonchev–Trinajstić information content (AvgIpc) is 2.89. The Morgan fingerprint density at radius 2 is 2.03 bits per heavy atom. The van der Waals surface area contributed by atoms with Crippen molar-refractivity contribution in [2.45, 2.75) is 82.7 Å². The van der Waals surface area contributed by atoms with Crippen LogP contribution in [0.2, 0.25) is 5.02 Å². The van der Waals surface area contributed by atoms with Crippen molar-refractivity contribution in [2.24, 2.45) is 17.8 Å². The zero-order chi connectivity index (χ0) is 26.0. The molecule has 2 aliphatic rings. The lowest BCUT2D eigenvalue weighted by molar-refractivity contribution is -0.138. The van der Waals surface area contributed by atoms with E-state index in [0.29, 0.717) is 44.9 Å². The molecule has 1 aromatic carbocycles. The van der Waals surface area contributed by atoms with E-state index in [0.717, 1.165) is 38.1 Å². The summed E-state index contributed by atoms with van der Waals surface area (Å²) in [5.74, 6) is 0.403. The lowest BCUT2D eigenvalue weighted by Gasteiger charge is -2.43. The lowest BCUT2D eigenvalue weighted by Crippen LogP contribution is -2.49. The molecule has 0 radical (unpaired) electrons. The van der Waals surface area contributed by atoms with Crippen LogP contribution in [0.1, 0.15) is 82.6 Å². The number of hydrogen-bond donors (Lipinski definition) is 2. The molecule has 5 nitrogen and oxygen atoms in total. The van der Waals surface area contributed by atoms with Crippen LogP contribution in [0.4, 0.5) is 4.39 Å². The number of ether oxygens (including phenoxy) is 1. The minimum atomic E-state index is -1.38. The van der Waals surface area contributed by atoms with Gasteiger partial charge >= 0.3 is 0 Å². The van der Waals surface area contributed by atoms with Crippen LogP contribution >= 0.6 is 11.6 Å². The number of rotatable bonds is 13. The first-order chi connectivity index (χ1) is 17.4. The van der Waals surface area contributed by atoms with E-state index in [4.69, 9.17) is 16.3 Å². The molecule has 2 N–H and O–H groups in total. The summed E-state index contributed by atoms with van der Waals surface area (Å²) in [6.45, 7) is 2.58. The maximum atomic E-state index is 15.2. The van der Waals surface area contributed by atoms with E-state index in [2.05, 4.69) is 5.32 Å². The lowest BCUT2D eigenvalue weighted by atomic mass is 9.73. The quantitative estimate of drug-likeness (QED) is 0.314. The maximum absolute atomic E-state index is 15.2. The van der Waals surface area contributed by atoms with Gasteiger partial charge in [-0.15, -0.1) is 0 Å². The van der Waals surface area contributed by atoms with Crippen LogP contribution in [-0.4, -0.2) is 56.3 Å². The van der Waals surface area contributed by atoms with Crippen LogP contribution in [0.15, 0.2) is 18.2 Å². The summed E-state index contributed by atoms with van der Waals surface area (Å²) in [6, 6.07) is 4.85. The number of amides is 1. The molecule has 1 amide bonds. The molecule has 1 aliphatic heterocycles. The van der Waals surface area contributed by atoms with E-state index in [1.807, 2.05) is 11.9 Å². The van der Waals surface area contributed by atoms with Gasteiger partial charge in [-0.05, 0) is 70.0 Å². The van der Waals surface area contributed by atoms with Crippen molar-refractivity contribution in [2.75, 3.05) is 40.4 Å². The van der Waals surface area contributed by atoms with Gasteiger partial charge in [-0.2, -0.15) is 0 Å². The van der Waals surface area contributed by atoms with Crippen molar-refractivity contribution in [1.82, 2.24) is 10.2 Å². The average molecular weight is 525 g/mol. The summed E-state index contributed by atoms with van der Waals surface area (Å²) in [5.41, 5.74) is -1.13. The van der Waals surface area contributed by atoms with Gasteiger partial charge < -0.3 is 20.1 Å². The van der Waals surface area contributed by atoms with Crippen LogP contribution in [0.25, 0.3) is 0 Å². The van der Waals surface area contributed by atoms with Crippen molar-refractivity contribution >= 4 is 17.5 Å². The van der Waals surface area contributed by atoms with Gasteiger partial charge in [-0.3, -0.25) is 4.79 Å². The number of piperidine rings is 1. The van der Waals surface area contributed by atoms with Crippen LogP contribution in [-0.2, 0) is 15.1 Å². The molecule has 1 aliphatic carbocycles. The fourth-order valence-electron chi connectivity index (χ4n) is 6.43. The van der Waals surface area contributed by atoms with E-state index in [9.17, 15) is 9.90 Å². The summed E-state index contributed by atoms with van der Waals surface area (Å²) < 4.78 is 20.3. The standard InChI is InChI=1S/C29H46ClFN2O3/c1-32-20-23(18-22-10-4-3-5-11-22)19-27(34)33-16-9-12-24(21-33)29(35,15-6-7-17-36-2)25-13-8-14-26(30)28(25)31/h8,13-14,22-24,32,35H,3-7,9-12,15-21H2,1-2H3/t23-,24-,29+/m1/s1. The number of hydrogen-bond acceptors (Lipinski definition) is 4. The normalized spacial score (nSPS) is 21.8. The summed E-state index contributed by atoms with van der Waals surface area (Å²) >= 11 is 6.11. The van der Waals surface area contributed by atoms with Gasteiger partial charge in [0, 0.05) is 44.7 Å². The molecular formula is C29H46ClFN2O3. The topological polar surface area (TPSA) is 61.8 Å². The summed E-state index contributed by atoms with van der Waals surface area (Å²) in [6.07, 6.45) is 11.6. The minimum absolute atomic E-state index is 0.0178. The van der Waals surface area contributed by atoms with Gasteiger partial charge in [-0.1, -0.05) is 55.8 Å². The highest BCUT2D eigenvalue weighted by atomic mass is 35.5. The third-order valence-electron chi connectivity index (χ3n) is 8.37. The zero-order valence-corrected chi connectivity index (χ0v) is 23.0. The largest absolute Gasteiger partial charge is 0.385 e. The van der Waals surface area contributed by atoms with E-state index in [-0.39, 0.29) is 22.4 Å². The third kappa shape index (κ3) is 7.89. The molecule has 1 saturated heterocycles. The third-order valence-corrected chi connectivity index (χ3v) is 8.66. The number of benzene rings is 1. The fourth-order valence-corrected chi connectivity index (χ4v) is 6.60. The van der Waals surface area contributed by atoms with Crippen molar-refractivity contribution in [3.8, 4) is 0 Å². The van der Waals surface area contributed by atoms with Crippen molar-refractivity contribution < 1.29 is 19.0 Å². The molecule has 36 heavy (non-hydrogen) atoms. The Hall–Kier alpha value is -1.21. The van der Waals surface area contributed by atoms with Gasteiger partial charge in [0.2, 0.25) is 5.91 Å². The number of aliphatic hydroxyl groups is 1. The van der Waals surface area contributed by atoms with Crippen molar-refractivity contribution in [3.63, 3.8) is 0 Å².